The van der Waals surface area contributed by atoms with E-state index in [-0.39, 0.29) is 6.04 Å². The molecule has 0 aromatic rings. The molecular formula is C5H8N2S. The molecule has 0 saturated heterocycles. The molecule has 1 rings (SSSR count). The van der Waals surface area contributed by atoms with Gasteiger partial charge in [0.1, 0.15) is 0 Å². The van der Waals surface area contributed by atoms with Gasteiger partial charge >= 0.3 is 0 Å². The molecule has 3 N–H and O–H groups in total. The quantitative estimate of drug-likeness (QED) is 0.469. The van der Waals surface area contributed by atoms with Crippen LogP contribution >= 0.6 is 11.8 Å². The van der Waals surface area contributed by atoms with Crippen LogP contribution < -0.4 is 5.73 Å². The van der Waals surface area contributed by atoms with Gasteiger partial charge in [-0.25, -0.2) is 0 Å². The van der Waals surface area contributed by atoms with Crippen molar-refractivity contribution >= 4 is 16.8 Å². The van der Waals surface area contributed by atoms with Crippen molar-refractivity contribution in [2.75, 3.05) is 5.75 Å². The summed E-state index contributed by atoms with van der Waals surface area (Å²) in [6, 6.07) is -0.131. The first-order valence-corrected chi connectivity index (χ1v) is 3.43. The zero-order valence-corrected chi connectivity index (χ0v) is 5.24. The Morgan fingerprint density at radius 1 is 1.88 bits per heavy atom. The van der Waals surface area contributed by atoms with E-state index in [0.29, 0.717) is 5.04 Å². The van der Waals surface area contributed by atoms with Crippen molar-refractivity contribution in [2.45, 2.75) is 6.04 Å². The van der Waals surface area contributed by atoms with Gasteiger partial charge in [0.25, 0.3) is 0 Å². The fraction of sp³-hybridized carbons (Fsp3) is 0.400. The van der Waals surface area contributed by atoms with Gasteiger partial charge in [-0.2, -0.15) is 0 Å². The molecular weight excluding hydrogens is 120 g/mol. The summed E-state index contributed by atoms with van der Waals surface area (Å²) >= 11 is 1.50. The summed E-state index contributed by atoms with van der Waals surface area (Å²) in [5.74, 6) is 0.909. The number of thioether (sulfide) groups is 1. The van der Waals surface area contributed by atoms with Crippen LogP contribution in [-0.2, 0) is 0 Å². The SMILES string of the molecule is N=C1SCC=CC1N. The smallest absolute Gasteiger partial charge is 0.0851 e. The van der Waals surface area contributed by atoms with E-state index >= 15 is 0 Å². The highest BCUT2D eigenvalue weighted by atomic mass is 32.2. The Balaban J connectivity index is 2.60. The third kappa shape index (κ3) is 1.11. The van der Waals surface area contributed by atoms with Crippen LogP contribution in [0.4, 0.5) is 0 Å². The minimum atomic E-state index is -0.131. The monoisotopic (exact) mass is 128 g/mol. The van der Waals surface area contributed by atoms with Gasteiger partial charge < -0.3 is 5.73 Å². The molecule has 1 aliphatic rings. The molecule has 0 saturated carbocycles. The number of nitrogens with two attached hydrogens (primary N) is 1. The van der Waals surface area contributed by atoms with Gasteiger partial charge in [0, 0.05) is 5.75 Å². The summed E-state index contributed by atoms with van der Waals surface area (Å²) in [5, 5.41) is 7.76. The number of rotatable bonds is 0. The Hall–Kier alpha value is -0.280. The highest BCUT2D eigenvalue weighted by Crippen LogP contribution is 2.10. The number of nitrogens with one attached hydrogen (secondary N) is 1. The maximum Gasteiger partial charge on any atom is 0.0851 e. The van der Waals surface area contributed by atoms with E-state index in [9.17, 15) is 0 Å². The zero-order chi connectivity index (χ0) is 5.98. The van der Waals surface area contributed by atoms with Crippen molar-refractivity contribution in [3.8, 4) is 0 Å². The lowest BCUT2D eigenvalue weighted by Gasteiger charge is -2.10. The average Bonchev–Trinajstić information content (AvgIpc) is 1.77. The first-order valence-electron chi connectivity index (χ1n) is 2.44. The van der Waals surface area contributed by atoms with Gasteiger partial charge in [-0.15, -0.1) is 11.8 Å². The summed E-state index contributed by atoms with van der Waals surface area (Å²) in [5.41, 5.74) is 5.45. The third-order valence-electron chi connectivity index (χ3n) is 0.981. The summed E-state index contributed by atoms with van der Waals surface area (Å²) in [4.78, 5) is 0. The predicted molar refractivity (Wildman–Crippen MR) is 37.3 cm³/mol. The molecule has 0 aliphatic carbocycles. The molecule has 1 heterocycles. The van der Waals surface area contributed by atoms with Gasteiger partial charge in [-0.1, -0.05) is 12.2 Å². The standard InChI is InChI=1S/C5H8N2S/c6-4-2-1-3-8-5(4)7/h1-2,4,7H,3,6H2. The fourth-order valence-corrected chi connectivity index (χ4v) is 1.18. The van der Waals surface area contributed by atoms with Crippen LogP contribution in [0.2, 0.25) is 0 Å². The lowest BCUT2D eigenvalue weighted by atomic mass is 10.3. The summed E-state index contributed by atoms with van der Waals surface area (Å²) in [6.45, 7) is 0. The molecule has 1 atom stereocenters. The average molecular weight is 128 g/mol. The van der Waals surface area contributed by atoms with Crippen molar-refractivity contribution in [1.82, 2.24) is 0 Å². The van der Waals surface area contributed by atoms with E-state index in [2.05, 4.69) is 0 Å². The van der Waals surface area contributed by atoms with Gasteiger partial charge in [-0.05, 0) is 0 Å². The van der Waals surface area contributed by atoms with E-state index in [1.165, 1.54) is 11.8 Å². The molecule has 0 spiro atoms. The van der Waals surface area contributed by atoms with Gasteiger partial charge in [0.05, 0.1) is 11.1 Å². The van der Waals surface area contributed by atoms with Crippen molar-refractivity contribution in [3.05, 3.63) is 12.2 Å². The molecule has 1 aliphatic heterocycles. The predicted octanol–water partition coefficient (Wildman–Crippen LogP) is 0.594. The topological polar surface area (TPSA) is 49.9 Å². The number of hydrogen-bond acceptors (Lipinski definition) is 3. The van der Waals surface area contributed by atoms with E-state index < -0.39 is 0 Å². The minimum absolute atomic E-state index is 0.131. The second-order valence-corrected chi connectivity index (χ2v) is 2.69. The lowest BCUT2D eigenvalue weighted by Crippen LogP contribution is -2.27. The van der Waals surface area contributed by atoms with Crippen LogP contribution in [-0.4, -0.2) is 16.8 Å². The lowest BCUT2D eigenvalue weighted by molar-refractivity contribution is 1.08. The maximum absolute atomic E-state index is 7.18. The normalized spacial score (nSPS) is 28.6. The van der Waals surface area contributed by atoms with Crippen molar-refractivity contribution in [1.29, 1.82) is 5.41 Å². The summed E-state index contributed by atoms with van der Waals surface area (Å²) < 4.78 is 0. The second-order valence-electron chi connectivity index (χ2n) is 1.63. The van der Waals surface area contributed by atoms with Crippen LogP contribution in [0.15, 0.2) is 12.2 Å². The van der Waals surface area contributed by atoms with Crippen molar-refractivity contribution in [3.63, 3.8) is 0 Å². The molecule has 0 fully saturated rings. The molecule has 8 heavy (non-hydrogen) atoms. The van der Waals surface area contributed by atoms with Crippen LogP contribution in [0.25, 0.3) is 0 Å². The molecule has 3 heteroatoms. The Morgan fingerprint density at radius 3 is 3.00 bits per heavy atom. The van der Waals surface area contributed by atoms with Gasteiger partial charge in [0.15, 0.2) is 0 Å². The van der Waals surface area contributed by atoms with E-state index in [4.69, 9.17) is 11.1 Å². The first kappa shape index (κ1) is 5.85. The maximum atomic E-state index is 7.18. The minimum Gasteiger partial charge on any atom is -0.319 e. The molecule has 0 bridgehead atoms. The Labute approximate surface area is 52.7 Å². The van der Waals surface area contributed by atoms with Crippen LogP contribution in [0.3, 0.4) is 0 Å². The van der Waals surface area contributed by atoms with Crippen LogP contribution in [0.1, 0.15) is 0 Å². The molecule has 0 amide bonds. The molecule has 0 aromatic heterocycles. The molecule has 2 nitrogen and oxygen atoms in total. The zero-order valence-electron chi connectivity index (χ0n) is 4.42. The third-order valence-corrected chi connectivity index (χ3v) is 1.92. The highest BCUT2D eigenvalue weighted by Gasteiger charge is 2.08. The van der Waals surface area contributed by atoms with Crippen molar-refractivity contribution < 1.29 is 0 Å². The van der Waals surface area contributed by atoms with Gasteiger partial charge in [-0.3, -0.25) is 5.41 Å². The molecule has 44 valence electrons. The van der Waals surface area contributed by atoms with Gasteiger partial charge in [0.2, 0.25) is 0 Å². The summed E-state index contributed by atoms with van der Waals surface area (Å²) in [6.07, 6.45) is 3.85. The molecule has 1 unspecified atom stereocenters. The fourth-order valence-electron chi connectivity index (χ4n) is 0.524. The van der Waals surface area contributed by atoms with E-state index in [1.807, 2.05) is 12.2 Å². The Morgan fingerprint density at radius 2 is 2.62 bits per heavy atom. The van der Waals surface area contributed by atoms with Crippen LogP contribution in [0, 0.1) is 5.41 Å². The van der Waals surface area contributed by atoms with Crippen molar-refractivity contribution in [2.24, 2.45) is 5.73 Å². The number of hydrogen-bond donors (Lipinski definition) is 2. The Bertz CT molecular complexity index is 130. The van der Waals surface area contributed by atoms with E-state index in [0.717, 1.165) is 5.75 Å². The highest BCUT2D eigenvalue weighted by molar-refractivity contribution is 8.14. The van der Waals surface area contributed by atoms with E-state index in [1.54, 1.807) is 0 Å². The molecule has 0 radical (unpaired) electrons. The summed E-state index contributed by atoms with van der Waals surface area (Å²) in [7, 11) is 0. The Kier molecular flexibility index (Phi) is 1.70. The second kappa shape index (κ2) is 2.33. The molecule has 0 aromatic carbocycles. The van der Waals surface area contributed by atoms with Crippen LogP contribution in [0.5, 0.6) is 0 Å². The largest absolute Gasteiger partial charge is 0.319 e. The first-order chi connectivity index (χ1) is 3.80.